The zero-order valence-electron chi connectivity index (χ0n) is 19.2. The standard InChI is InChI=1S/C15H15NOS.C8H19N.CH3NOS/c17-15(18)16(11-13-7-3-1-4-8-13)12-14-9-5-2-6-10-14;1-6-9(7(2)3)8(4)5;2-1(3)4/h1-10H,11-12H2,(H,17,18);7-8H,6H2,1-5H3;(H3,2,3,4). The van der Waals surface area contributed by atoms with Crippen molar-refractivity contribution in [2.75, 3.05) is 6.54 Å². The summed E-state index contributed by atoms with van der Waals surface area (Å²) in [6.45, 7) is 13.6. The Bertz CT molecular complexity index is 688. The second-order valence-corrected chi connectivity index (χ2v) is 8.25. The van der Waals surface area contributed by atoms with Crippen molar-refractivity contribution in [1.82, 2.24) is 9.80 Å². The summed E-state index contributed by atoms with van der Waals surface area (Å²) in [6, 6.07) is 21.4. The molecule has 0 saturated heterocycles. The minimum Gasteiger partial charge on any atom is -0.487 e. The highest BCUT2D eigenvalue weighted by Crippen LogP contribution is 2.10. The van der Waals surface area contributed by atoms with E-state index in [1.54, 1.807) is 4.90 Å². The highest BCUT2D eigenvalue weighted by atomic mass is 32.1. The summed E-state index contributed by atoms with van der Waals surface area (Å²) >= 11 is 8.77. The number of thiocarbonyl (C=S) groups is 2. The topological polar surface area (TPSA) is 73.0 Å². The molecule has 0 heterocycles. The van der Waals surface area contributed by atoms with Crippen LogP contribution in [0.5, 0.6) is 0 Å². The summed E-state index contributed by atoms with van der Waals surface area (Å²) < 4.78 is 0. The van der Waals surface area contributed by atoms with E-state index in [1.807, 2.05) is 60.7 Å². The van der Waals surface area contributed by atoms with Gasteiger partial charge in [-0.2, -0.15) is 0 Å². The maximum atomic E-state index is 9.59. The maximum Gasteiger partial charge on any atom is 0.257 e. The van der Waals surface area contributed by atoms with E-state index >= 15 is 0 Å². The van der Waals surface area contributed by atoms with Crippen molar-refractivity contribution in [2.45, 2.75) is 59.8 Å². The molecule has 0 atom stereocenters. The first-order valence-electron chi connectivity index (χ1n) is 10.4. The number of aliphatic hydroxyl groups is 2. The minimum absolute atomic E-state index is 0.0669. The molecule has 0 aliphatic carbocycles. The third-order valence-electron chi connectivity index (χ3n) is 4.39. The van der Waals surface area contributed by atoms with Gasteiger partial charge in [0, 0.05) is 25.2 Å². The Labute approximate surface area is 198 Å². The van der Waals surface area contributed by atoms with Crippen LogP contribution in [0.2, 0.25) is 0 Å². The molecule has 0 bridgehead atoms. The van der Waals surface area contributed by atoms with Crippen molar-refractivity contribution in [3.05, 3.63) is 71.8 Å². The summed E-state index contributed by atoms with van der Waals surface area (Å²) in [7, 11) is 0. The van der Waals surface area contributed by atoms with Gasteiger partial charge in [0.2, 0.25) is 0 Å². The first-order chi connectivity index (χ1) is 14.6. The third-order valence-corrected chi connectivity index (χ3v) is 4.65. The van der Waals surface area contributed by atoms with Gasteiger partial charge in [-0.15, -0.1) is 0 Å². The van der Waals surface area contributed by atoms with Gasteiger partial charge in [-0.25, -0.2) is 0 Å². The fourth-order valence-electron chi connectivity index (χ4n) is 3.13. The van der Waals surface area contributed by atoms with Gasteiger partial charge < -0.3 is 20.8 Å². The lowest BCUT2D eigenvalue weighted by atomic mass is 10.2. The van der Waals surface area contributed by atoms with E-state index in [0.717, 1.165) is 17.7 Å². The number of hydrogen-bond donors (Lipinski definition) is 3. The van der Waals surface area contributed by atoms with Gasteiger partial charge in [-0.3, -0.25) is 4.90 Å². The van der Waals surface area contributed by atoms with Crippen molar-refractivity contribution in [1.29, 1.82) is 0 Å². The molecule has 4 N–H and O–H groups in total. The lowest BCUT2D eigenvalue weighted by Gasteiger charge is -2.28. The first-order valence-corrected chi connectivity index (χ1v) is 11.2. The molecule has 0 aliphatic heterocycles. The predicted molar refractivity (Wildman–Crippen MR) is 139 cm³/mol. The summed E-state index contributed by atoms with van der Waals surface area (Å²) in [5.74, 6) is 0. The van der Waals surface area contributed by atoms with Crippen LogP contribution in [0.3, 0.4) is 0 Å². The van der Waals surface area contributed by atoms with Gasteiger partial charge >= 0.3 is 0 Å². The molecule has 0 aromatic heterocycles. The monoisotopic (exact) mass is 463 g/mol. The molecular weight excluding hydrogens is 426 g/mol. The Morgan fingerprint density at radius 3 is 1.32 bits per heavy atom. The number of rotatable bonds is 7. The molecule has 0 saturated carbocycles. The Morgan fingerprint density at radius 1 is 0.806 bits per heavy atom. The quantitative estimate of drug-likeness (QED) is 0.472. The number of hydrogen-bond acceptors (Lipinski definition) is 3. The molecule has 0 radical (unpaired) electrons. The van der Waals surface area contributed by atoms with Crippen LogP contribution in [0, 0.1) is 0 Å². The number of nitrogens with zero attached hydrogens (tertiary/aromatic N) is 2. The molecule has 172 valence electrons. The Hall–Kier alpha value is -2.22. The van der Waals surface area contributed by atoms with Crippen LogP contribution in [0.1, 0.15) is 45.7 Å². The van der Waals surface area contributed by atoms with Crippen LogP contribution < -0.4 is 5.73 Å². The summed E-state index contributed by atoms with van der Waals surface area (Å²) in [6.07, 6.45) is 0. The van der Waals surface area contributed by atoms with Crippen molar-refractivity contribution in [2.24, 2.45) is 5.73 Å². The zero-order chi connectivity index (χ0) is 23.8. The van der Waals surface area contributed by atoms with Crippen molar-refractivity contribution >= 4 is 34.8 Å². The second kappa shape index (κ2) is 16.5. The van der Waals surface area contributed by atoms with Crippen LogP contribution >= 0.6 is 24.4 Å². The maximum absolute atomic E-state index is 9.59. The predicted octanol–water partition coefficient (Wildman–Crippen LogP) is 5.44. The third kappa shape index (κ3) is 14.4. The lowest BCUT2D eigenvalue weighted by Crippen LogP contribution is -2.36. The molecule has 0 fully saturated rings. The van der Waals surface area contributed by atoms with E-state index in [0.29, 0.717) is 25.2 Å². The molecule has 2 rings (SSSR count). The van der Waals surface area contributed by atoms with Crippen molar-refractivity contribution in [3.8, 4) is 0 Å². The number of nitrogens with two attached hydrogens (primary N) is 1. The molecule has 2 aromatic carbocycles. The fourth-order valence-corrected chi connectivity index (χ4v) is 3.25. The number of aliphatic hydroxyl groups excluding tert-OH is 2. The van der Waals surface area contributed by atoms with Gasteiger partial charge in [-0.1, -0.05) is 67.6 Å². The molecule has 0 amide bonds. The van der Waals surface area contributed by atoms with Gasteiger partial charge in [0.15, 0.2) is 0 Å². The average molecular weight is 464 g/mol. The van der Waals surface area contributed by atoms with E-state index in [9.17, 15) is 5.11 Å². The van der Waals surface area contributed by atoms with E-state index in [2.05, 4.69) is 57.5 Å². The summed E-state index contributed by atoms with van der Waals surface area (Å²) in [5, 5.41) is 16.6. The molecule has 31 heavy (non-hydrogen) atoms. The molecule has 2 aromatic rings. The molecule has 0 unspecified atom stereocenters. The number of benzene rings is 2. The molecule has 5 nitrogen and oxygen atoms in total. The Kier molecular flexibility index (Phi) is 15.3. The second-order valence-electron chi connectivity index (χ2n) is 7.47. The van der Waals surface area contributed by atoms with Gasteiger partial charge in [-0.05, 0) is 69.8 Å². The van der Waals surface area contributed by atoms with Crippen molar-refractivity contribution in [3.63, 3.8) is 0 Å². The minimum atomic E-state index is -0.500. The highest BCUT2D eigenvalue weighted by Gasteiger charge is 2.10. The average Bonchev–Trinajstić information content (AvgIpc) is 2.69. The Morgan fingerprint density at radius 2 is 1.13 bits per heavy atom. The van der Waals surface area contributed by atoms with E-state index in [4.69, 9.17) is 17.3 Å². The van der Waals surface area contributed by atoms with Crippen LogP contribution in [0.15, 0.2) is 60.7 Å². The van der Waals surface area contributed by atoms with Gasteiger partial charge in [0.25, 0.3) is 10.3 Å². The molecule has 0 spiro atoms. The van der Waals surface area contributed by atoms with Crippen LogP contribution in [0.4, 0.5) is 0 Å². The lowest BCUT2D eigenvalue weighted by molar-refractivity contribution is 0.185. The normalized spacial score (nSPS) is 10.1. The van der Waals surface area contributed by atoms with Gasteiger partial charge in [0.05, 0.1) is 0 Å². The Balaban J connectivity index is 0.000000581. The van der Waals surface area contributed by atoms with Gasteiger partial charge in [0.1, 0.15) is 0 Å². The molecule has 7 heteroatoms. The SMILES string of the molecule is CCN(C(C)C)C(C)C.NC(O)=S.OC(=S)N(Cc1ccccc1)Cc1ccccc1. The highest BCUT2D eigenvalue weighted by molar-refractivity contribution is 7.80. The van der Waals surface area contributed by atoms with E-state index in [-0.39, 0.29) is 5.17 Å². The van der Waals surface area contributed by atoms with Crippen LogP contribution in [-0.2, 0) is 13.1 Å². The smallest absolute Gasteiger partial charge is 0.257 e. The molecular formula is C24H37N3O2S2. The summed E-state index contributed by atoms with van der Waals surface area (Å²) in [5.41, 5.74) is 6.66. The first kappa shape index (κ1) is 28.8. The van der Waals surface area contributed by atoms with E-state index < -0.39 is 5.17 Å². The van der Waals surface area contributed by atoms with Crippen LogP contribution in [0.25, 0.3) is 0 Å². The van der Waals surface area contributed by atoms with Crippen molar-refractivity contribution < 1.29 is 10.2 Å². The zero-order valence-corrected chi connectivity index (χ0v) is 20.9. The summed E-state index contributed by atoms with van der Waals surface area (Å²) in [4.78, 5) is 4.24. The largest absolute Gasteiger partial charge is 0.487 e. The molecule has 0 aliphatic rings. The van der Waals surface area contributed by atoms with E-state index in [1.165, 1.54) is 0 Å². The fraction of sp³-hybridized carbons (Fsp3) is 0.417. The van der Waals surface area contributed by atoms with Crippen LogP contribution in [-0.4, -0.2) is 49.0 Å².